The van der Waals surface area contributed by atoms with Crippen LogP contribution in [-0.2, 0) is 20.7 Å². The van der Waals surface area contributed by atoms with Gasteiger partial charge in [0.1, 0.15) is 0 Å². The normalized spacial score (nSPS) is 21.0. The molecule has 5 rings (SSSR count). The number of nitrogens with two attached hydrogens (primary N) is 1. The van der Waals surface area contributed by atoms with Crippen LogP contribution in [0.3, 0.4) is 0 Å². The first-order valence-corrected chi connectivity index (χ1v) is 14.6. The van der Waals surface area contributed by atoms with E-state index < -0.39 is 29.4 Å². The van der Waals surface area contributed by atoms with Gasteiger partial charge < -0.3 is 14.7 Å². The van der Waals surface area contributed by atoms with Gasteiger partial charge in [0.05, 0.1) is 36.1 Å². The van der Waals surface area contributed by atoms with Crippen LogP contribution >= 0.6 is 11.6 Å². The zero-order valence-corrected chi connectivity index (χ0v) is 24.0. The first-order valence-electron chi connectivity index (χ1n) is 14.2. The molecule has 0 spiro atoms. The summed E-state index contributed by atoms with van der Waals surface area (Å²) in [6, 6.07) is 23.8. The van der Waals surface area contributed by atoms with E-state index in [0.717, 1.165) is 31.2 Å². The average Bonchev–Trinajstić information content (AvgIpc) is 3.09. The second-order valence-corrected chi connectivity index (χ2v) is 11.4. The van der Waals surface area contributed by atoms with E-state index in [4.69, 9.17) is 27.1 Å². The van der Waals surface area contributed by atoms with Gasteiger partial charge in [0, 0.05) is 23.2 Å². The predicted octanol–water partition coefficient (Wildman–Crippen LogP) is 4.95. The highest BCUT2D eigenvalue weighted by Gasteiger charge is 2.50. The molecule has 8 heteroatoms. The number of hydrogen-bond acceptors (Lipinski definition) is 6. The maximum Gasteiger partial charge on any atom is 0.277 e. The van der Waals surface area contributed by atoms with Gasteiger partial charge >= 0.3 is 0 Å². The molecule has 1 heterocycles. The summed E-state index contributed by atoms with van der Waals surface area (Å²) >= 11 is 6.38. The summed E-state index contributed by atoms with van der Waals surface area (Å²) < 4.78 is 6.07. The molecule has 1 fully saturated rings. The van der Waals surface area contributed by atoms with Crippen molar-refractivity contribution >= 4 is 34.7 Å². The second kappa shape index (κ2) is 12.7. The molecule has 0 bridgehead atoms. The van der Waals surface area contributed by atoms with Gasteiger partial charge in [-0.15, -0.1) is 0 Å². The van der Waals surface area contributed by atoms with Crippen molar-refractivity contribution in [2.75, 3.05) is 18.6 Å². The lowest BCUT2D eigenvalue weighted by Crippen LogP contribution is -2.62. The van der Waals surface area contributed by atoms with Crippen molar-refractivity contribution < 1.29 is 19.4 Å². The lowest BCUT2D eigenvalue weighted by atomic mass is 9.83. The van der Waals surface area contributed by atoms with Gasteiger partial charge in [-0.05, 0) is 43.0 Å². The first-order chi connectivity index (χ1) is 19.8. The van der Waals surface area contributed by atoms with Crippen LogP contribution in [0.1, 0.15) is 48.8 Å². The second-order valence-electron chi connectivity index (χ2n) is 10.9. The molecule has 1 aliphatic heterocycles. The number of halogens is 1. The third-order valence-corrected chi connectivity index (χ3v) is 8.31. The summed E-state index contributed by atoms with van der Waals surface area (Å²) in [5.41, 5.74) is 7.52. The molecule has 1 unspecified atom stereocenters. The molecule has 2 aliphatic rings. The Morgan fingerprint density at radius 2 is 1.73 bits per heavy atom. The number of aliphatic imine (C=N–C) groups is 1. The number of carbonyl (C=O) groups excluding carboxylic acids is 2. The van der Waals surface area contributed by atoms with Crippen LogP contribution < -0.4 is 10.6 Å². The zero-order chi connectivity index (χ0) is 29.0. The maximum absolute atomic E-state index is 14.5. The van der Waals surface area contributed by atoms with Crippen LogP contribution in [0.2, 0.25) is 5.02 Å². The number of amides is 1. The monoisotopic (exact) mass is 573 g/mol. The molecule has 1 saturated carbocycles. The minimum absolute atomic E-state index is 0.0287. The third-order valence-electron chi connectivity index (χ3n) is 8.07. The predicted molar refractivity (Wildman–Crippen MR) is 161 cm³/mol. The van der Waals surface area contributed by atoms with Crippen molar-refractivity contribution in [3.05, 3.63) is 101 Å². The fourth-order valence-corrected chi connectivity index (χ4v) is 5.93. The van der Waals surface area contributed by atoms with E-state index in [1.807, 2.05) is 60.7 Å². The number of likely N-dealkylation sites (N-methyl/N-ethyl adjacent to an activating group) is 1. The van der Waals surface area contributed by atoms with E-state index in [2.05, 4.69) is 0 Å². The number of Topliss-reactive ketones (excluding diaryl/α,β-unsaturated/α-hetero) is 1. The number of fused-ring (bicyclic) bond motifs is 1. The zero-order valence-electron chi connectivity index (χ0n) is 23.2. The van der Waals surface area contributed by atoms with Crippen molar-refractivity contribution in [1.29, 1.82) is 0 Å². The molecule has 3 atom stereocenters. The van der Waals surface area contributed by atoms with Gasteiger partial charge in [-0.2, -0.15) is 0 Å². The summed E-state index contributed by atoms with van der Waals surface area (Å²) in [5.74, 6) is -2.38. The summed E-state index contributed by atoms with van der Waals surface area (Å²) in [7, 11) is 1.57. The van der Waals surface area contributed by atoms with Crippen LogP contribution in [0.25, 0.3) is 0 Å². The first kappa shape index (κ1) is 29.1. The Morgan fingerprint density at radius 3 is 2.41 bits per heavy atom. The summed E-state index contributed by atoms with van der Waals surface area (Å²) in [5, 5.41) is 11.9. The molecule has 0 saturated heterocycles. The van der Waals surface area contributed by atoms with Crippen LogP contribution in [-0.4, -0.2) is 54.0 Å². The molecule has 3 aromatic carbocycles. The molecule has 1 amide bonds. The summed E-state index contributed by atoms with van der Waals surface area (Å²) in [6.07, 6.45) is 4.25. The largest absolute Gasteiger partial charge is 0.390 e. The molecule has 7 nitrogen and oxygen atoms in total. The molecule has 3 aromatic rings. The average molecular weight is 574 g/mol. The number of rotatable bonds is 9. The third kappa shape index (κ3) is 6.28. The number of aliphatic hydroxyl groups is 1. The van der Waals surface area contributed by atoms with Crippen molar-refractivity contribution in [3.63, 3.8) is 0 Å². The Labute approximate surface area is 246 Å². The van der Waals surface area contributed by atoms with Crippen LogP contribution in [0.5, 0.6) is 0 Å². The minimum Gasteiger partial charge on any atom is -0.390 e. The van der Waals surface area contributed by atoms with Crippen molar-refractivity contribution in [2.45, 2.75) is 56.4 Å². The summed E-state index contributed by atoms with van der Waals surface area (Å²) in [6.45, 7) is -0.0287. The van der Waals surface area contributed by atoms with E-state index >= 15 is 0 Å². The van der Waals surface area contributed by atoms with Gasteiger partial charge in [-0.3, -0.25) is 15.3 Å². The number of aliphatic hydroxyl groups excluding tert-OH is 1. The summed E-state index contributed by atoms with van der Waals surface area (Å²) in [4.78, 5) is 34.6. The van der Waals surface area contributed by atoms with Crippen molar-refractivity contribution in [1.82, 2.24) is 0 Å². The minimum atomic E-state index is -2.29. The SMILES string of the molecule is CN1C(=O)C(N)(C(=O)[C@H](Cc2ccccc2)[C@H](O)COC2CCCCC2)N=C(c2ccccc2)c2cc(Cl)ccc21. The Hall–Kier alpha value is -3.36. The highest BCUT2D eigenvalue weighted by molar-refractivity contribution is 6.32. The number of hydrogen-bond donors (Lipinski definition) is 2. The fraction of sp³-hybridized carbons (Fsp3) is 0.364. The molecule has 3 N–H and O–H groups in total. The molecule has 0 aromatic heterocycles. The van der Waals surface area contributed by atoms with E-state index in [9.17, 15) is 14.7 Å². The lowest BCUT2D eigenvalue weighted by molar-refractivity contribution is -0.140. The highest BCUT2D eigenvalue weighted by Crippen LogP contribution is 2.34. The highest BCUT2D eigenvalue weighted by atomic mass is 35.5. The molecule has 41 heavy (non-hydrogen) atoms. The smallest absolute Gasteiger partial charge is 0.277 e. The topological polar surface area (TPSA) is 105 Å². The van der Waals surface area contributed by atoms with Crippen LogP contribution in [0.15, 0.2) is 83.9 Å². The number of benzodiazepines with no additional fused rings is 1. The quantitative estimate of drug-likeness (QED) is 0.353. The lowest BCUT2D eigenvalue weighted by Gasteiger charge is -2.32. The molecular weight excluding hydrogens is 538 g/mol. The van der Waals surface area contributed by atoms with Gasteiger partial charge in [0.25, 0.3) is 5.91 Å². The van der Waals surface area contributed by atoms with Crippen molar-refractivity contribution in [2.24, 2.45) is 16.6 Å². The van der Waals surface area contributed by atoms with Gasteiger partial charge in [0.15, 0.2) is 5.78 Å². The van der Waals surface area contributed by atoms with E-state index in [-0.39, 0.29) is 19.1 Å². The number of ketones is 1. The Bertz CT molecular complexity index is 1410. The number of ether oxygens (including phenoxy) is 1. The number of carbonyl (C=O) groups is 2. The molecule has 214 valence electrons. The van der Waals surface area contributed by atoms with Crippen molar-refractivity contribution in [3.8, 4) is 0 Å². The van der Waals surface area contributed by atoms with Crippen LogP contribution in [0.4, 0.5) is 5.69 Å². The Morgan fingerprint density at radius 1 is 1.07 bits per heavy atom. The fourth-order valence-electron chi connectivity index (χ4n) is 5.75. The molecule has 0 radical (unpaired) electrons. The van der Waals surface area contributed by atoms with E-state index in [0.29, 0.717) is 27.5 Å². The standard InChI is InChI=1S/C33H36ClN3O4/c1-37-28-18-17-24(34)20-26(28)30(23-13-7-3-8-14-23)36-33(35,32(37)40)31(39)27(19-22-11-5-2-6-12-22)29(38)21-41-25-15-9-4-10-16-25/h2-3,5-8,11-14,17-18,20,25,27,29,38H,4,9-10,15-16,19,21,35H2,1H3/t27-,29-,33?/m1/s1. The van der Waals surface area contributed by atoms with E-state index in [1.54, 1.807) is 25.2 Å². The van der Waals surface area contributed by atoms with Gasteiger partial charge in [-0.1, -0.05) is 91.5 Å². The van der Waals surface area contributed by atoms with Gasteiger partial charge in [-0.25, -0.2) is 4.99 Å². The number of benzene rings is 3. The number of anilines is 1. The van der Waals surface area contributed by atoms with E-state index in [1.165, 1.54) is 11.3 Å². The number of nitrogens with zero attached hydrogens (tertiary/aromatic N) is 2. The Balaban J connectivity index is 1.56. The molecular formula is C33H36ClN3O4. The Kier molecular flexibility index (Phi) is 9.00. The van der Waals surface area contributed by atoms with Gasteiger partial charge in [0.2, 0.25) is 5.66 Å². The van der Waals surface area contributed by atoms with Crippen LogP contribution in [0, 0.1) is 5.92 Å². The maximum atomic E-state index is 14.5. The molecule has 1 aliphatic carbocycles.